The van der Waals surface area contributed by atoms with Gasteiger partial charge in [-0.15, -0.1) is 0 Å². The van der Waals surface area contributed by atoms with E-state index in [0.29, 0.717) is 0 Å². The Morgan fingerprint density at radius 3 is 2.54 bits per heavy atom. The van der Waals surface area contributed by atoms with Crippen LogP contribution in [0.1, 0.15) is 19.8 Å². The van der Waals surface area contributed by atoms with E-state index in [2.05, 4.69) is 5.32 Å². The zero-order chi connectivity index (χ0) is 9.64. The molecule has 1 aliphatic carbocycles. The molecule has 1 spiro atoms. The molecule has 1 atom stereocenters. The molecule has 1 amide bonds. The highest BCUT2D eigenvalue weighted by Gasteiger charge is 2.56. The summed E-state index contributed by atoms with van der Waals surface area (Å²) in [5, 5.41) is 2.99. The van der Waals surface area contributed by atoms with Crippen molar-refractivity contribution in [2.75, 3.05) is 6.67 Å². The van der Waals surface area contributed by atoms with Crippen molar-refractivity contribution in [2.24, 2.45) is 0 Å². The Labute approximate surface area is 75.1 Å². The third-order valence-electron chi connectivity index (χ3n) is 2.86. The van der Waals surface area contributed by atoms with Crippen LogP contribution < -0.4 is 5.32 Å². The predicted molar refractivity (Wildman–Crippen MR) is 42.3 cm³/mol. The second kappa shape index (κ2) is 2.64. The fourth-order valence-electron chi connectivity index (χ4n) is 1.64. The van der Waals surface area contributed by atoms with E-state index < -0.39 is 18.0 Å². The fourth-order valence-corrected chi connectivity index (χ4v) is 1.64. The largest absolute Gasteiger partial charge is 0.320 e. The van der Waals surface area contributed by atoms with Crippen LogP contribution in [0.15, 0.2) is 0 Å². The minimum Gasteiger partial charge on any atom is -0.320 e. The zero-order valence-corrected chi connectivity index (χ0v) is 7.39. The Morgan fingerprint density at radius 2 is 2.15 bits per heavy atom. The molecule has 2 aliphatic rings. The smallest absolute Gasteiger partial charge is 0.258 e. The molecule has 1 aliphatic heterocycles. The van der Waals surface area contributed by atoms with Crippen LogP contribution in [-0.2, 0) is 4.79 Å². The van der Waals surface area contributed by atoms with Gasteiger partial charge in [-0.1, -0.05) is 0 Å². The van der Waals surface area contributed by atoms with Gasteiger partial charge in [0.05, 0.1) is 18.2 Å². The van der Waals surface area contributed by atoms with Crippen molar-refractivity contribution in [3.05, 3.63) is 0 Å². The van der Waals surface area contributed by atoms with Crippen LogP contribution in [0.25, 0.3) is 0 Å². The maximum atomic E-state index is 12.3. The molecule has 0 aromatic heterocycles. The number of nitrogens with one attached hydrogen (secondary N) is 1. The Balaban J connectivity index is 2.06. The third-order valence-corrected chi connectivity index (χ3v) is 2.86. The number of alkyl halides is 2. The number of hydrogen-bond acceptors (Lipinski definition) is 2. The molecule has 74 valence electrons. The fraction of sp³-hybridized carbons (Fsp3) is 0.875. The van der Waals surface area contributed by atoms with Crippen molar-refractivity contribution >= 4 is 5.91 Å². The number of nitrogens with zero attached hydrogens (tertiary/aromatic N) is 1. The van der Waals surface area contributed by atoms with Gasteiger partial charge in [0.15, 0.2) is 0 Å². The van der Waals surface area contributed by atoms with Crippen LogP contribution in [-0.4, -0.2) is 35.5 Å². The highest BCUT2D eigenvalue weighted by molar-refractivity contribution is 5.91. The van der Waals surface area contributed by atoms with Gasteiger partial charge in [-0.2, -0.15) is 0 Å². The summed E-state index contributed by atoms with van der Waals surface area (Å²) in [5.41, 5.74) is -0.455. The van der Waals surface area contributed by atoms with Gasteiger partial charge < -0.3 is 4.90 Å². The second-order valence-corrected chi connectivity index (χ2v) is 3.77. The molecular formula is C8H12F2N2O. The van der Waals surface area contributed by atoms with E-state index in [1.807, 2.05) is 0 Å². The Morgan fingerprint density at radius 1 is 1.54 bits per heavy atom. The lowest BCUT2D eigenvalue weighted by atomic mass is 10.2. The molecule has 0 aromatic rings. The molecule has 0 aromatic carbocycles. The molecule has 1 heterocycles. The molecule has 0 bridgehead atoms. The molecule has 2 rings (SSSR count). The zero-order valence-electron chi connectivity index (χ0n) is 7.39. The number of rotatable bonds is 2. The van der Waals surface area contributed by atoms with Crippen LogP contribution in [0.2, 0.25) is 0 Å². The lowest BCUT2D eigenvalue weighted by molar-refractivity contribution is -0.134. The van der Waals surface area contributed by atoms with Crippen LogP contribution in [0.4, 0.5) is 8.78 Å². The quantitative estimate of drug-likeness (QED) is 0.690. The highest BCUT2D eigenvalue weighted by atomic mass is 19.3. The van der Waals surface area contributed by atoms with Gasteiger partial charge in [0, 0.05) is 0 Å². The lowest BCUT2D eigenvalue weighted by Gasteiger charge is -2.22. The number of amides is 1. The molecule has 1 N–H and O–H groups in total. The van der Waals surface area contributed by atoms with E-state index in [0.717, 1.165) is 12.8 Å². The first-order chi connectivity index (χ1) is 6.07. The molecule has 2 fully saturated rings. The number of carbonyl (C=O) groups excluding carboxylic acids is 1. The molecular weight excluding hydrogens is 178 g/mol. The van der Waals surface area contributed by atoms with Crippen LogP contribution >= 0.6 is 0 Å². The molecule has 0 radical (unpaired) electrons. The summed E-state index contributed by atoms with van der Waals surface area (Å²) in [6, 6.07) is -0.972. The van der Waals surface area contributed by atoms with E-state index in [4.69, 9.17) is 0 Å². The van der Waals surface area contributed by atoms with Gasteiger partial charge in [-0.05, 0) is 19.8 Å². The standard InChI is InChI=1S/C8H12F2N2O/c1-5(6(9)10)12-4-11-8(2-3-8)7(12)13/h5-6,11H,2-4H2,1H3. The van der Waals surface area contributed by atoms with Gasteiger partial charge in [0.1, 0.15) is 0 Å². The van der Waals surface area contributed by atoms with Crippen LogP contribution in [0.3, 0.4) is 0 Å². The third kappa shape index (κ3) is 1.22. The number of halogens is 2. The molecule has 5 heteroatoms. The normalized spacial score (nSPS) is 27.4. The average molecular weight is 190 g/mol. The summed E-state index contributed by atoms with van der Waals surface area (Å²) >= 11 is 0. The number of hydrogen-bond donors (Lipinski definition) is 1. The van der Waals surface area contributed by atoms with Gasteiger partial charge in [-0.25, -0.2) is 8.78 Å². The first-order valence-corrected chi connectivity index (χ1v) is 4.41. The summed E-state index contributed by atoms with van der Waals surface area (Å²) in [7, 11) is 0. The minimum atomic E-state index is -2.46. The van der Waals surface area contributed by atoms with E-state index in [-0.39, 0.29) is 12.6 Å². The van der Waals surface area contributed by atoms with E-state index in [9.17, 15) is 13.6 Å². The monoisotopic (exact) mass is 190 g/mol. The van der Waals surface area contributed by atoms with Crippen molar-refractivity contribution in [2.45, 2.75) is 37.8 Å². The SMILES string of the molecule is CC(C(F)F)N1CNC2(CC2)C1=O. The maximum absolute atomic E-state index is 12.3. The Hall–Kier alpha value is -0.710. The summed E-state index contributed by atoms with van der Waals surface area (Å²) in [6.07, 6.45) is -0.879. The maximum Gasteiger partial charge on any atom is 0.258 e. The molecule has 1 saturated carbocycles. The molecule has 3 nitrogen and oxygen atoms in total. The molecule has 1 unspecified atom stereocenters. The van der Waals surface area contributed by atoms with Gasteiger partial charge in [0.25, 0.3) is 6.43 Å². The van der Waals surface area contributed by atoms with Crippen LogP contribution in [0, 0.1) is 0 Å². The summed E-state index contributed by atoms with van der Waals surface area (Å²) in [5.74, 6) is -0.152. The second-order valence-electron chi connectivity index (χ2n) is 3.77. The van der Waals surface area contributed by atoms with Crippen molar-refractivity contribution < 1.29 is 13.6 Å². The first-order valence-electron chi connectivity index (χ1n) is 4.41. The van der Waals surface area contributed by atoms with E-state index in [1.165, 1.54) is 11.8 Å². The summed E-state index contributed by atoms with van der Waals surface area (Å²) in [4.78, 5) is 12.8. The van der Waals surface area contributed by atoms with Crippen molar-refractivity contribution in [1.29, 1.82) is 0 Å². The van der Waals surface area contributed by atoms with Crippen molar-refractivity contribution in [3.63, 3.8) is 0 Å². The molecule has 13 heavy (non-hydrogen) atoms. The van der Waals surface area contributed by atoms with Gasteiger partial charge in [-0.3, -0.25) is 10.1 Å². The summed E-state index contributed by atoms with van der Waals surface area (Å²) < 4.78 is 24.6. The van der Waals surface area contributed by atoms with Gasteiger partial charge in [0.2, 0.25) is 5.91 Å². The molecule has 1 saturated heterocycles. The van der Waals surface area contributed by atoms with Gasteiger partial charge >= 0.3 is 0 Å². The van der Waals surface area contributed by atoms with E-state index in [1.54, 1.807) is 0 Å². The summed E-state index contributed by atoms with van der Waals surface area (Å²) in [6.45, 7) is 1.65. The van der Waals surface area contributed by atoms with E-state index >= 15 is 0 Å². The average Bonchev–Trinajstić information content (AvgIpc) is 2.77. The van der Waals surface area contributed by atoms with Crippen LogP contribution in [0.5, 0.6) is 0 Å². The predicted octanol–water partition coefficient (Wildman–Crippen LogP) is 0.562. The Bertz CT molecular complexity index is 240. The van der Waals surface area contributed by atoms with Crippen molar-refractivity contribution in [1.82, 2.24) is 10.2 Å². The van der Waals surface area contributed by atoms with Crippen molar-refractivity contribution in [3.8, 4) is 0 Å². The Kier molecular flexibility index (Phi) is 1.80. The minimum absolute atomic E-state index is 0.152. The topological polar surface area (TPSA) is 32.3 Å². The lowest BCUT2D eigenvalue weighted by Crippen LogP contribution is -2.41. The highest BCUT2D eigenvalue weighted by Crippen LogP contribution is 2.40. The number of carbonyl (C=O) groups is 1. The first kappa shape index (κ1) is 8.87.